The smallest absolute Gasteiger partial charge is 0.0355 e. The lowest BCUT2D eigenvalue weighted by atomic mass is 10.2. The lowest BCUT2D eigenvalue weighted by Crippen LogP contribution is -2.06. The minimum Gasteiger partial charge on any atom is -0.392 e. The predicted octanol–water partition coefficient (Wildman–Crippen LogP) is 0.459. The first-order chi connectivity index (χ1) is 4.18. The summed E-state index contributed by atoms with van der Waals surface area (Å²) in [4.78, 5) is 0. The van der Waals surface area contributed by atoms with E-state index < -0.39 is 0 Å². The first-order valence-electron chi connectivity index (χ1n) is 3.58. The minimum atomic E-state index is 0.732. The Morgan fingerprint density at radius 2 is 2.22 bits per heavy atom. The number of allylic oxidation sites excluding steroid dienone is 1. The minimum absolute atomic E-state index is 0.732. The van der Waals surface area contributed by atoms with Gasteiger partial charge in [0.25, 0.3) is 0 Å². The molecule has 0 saturated heterocycles. The Hall–Kier alpha value is -0.243. The molecule has 0 fully saturated rings. The summed E-state index contributed by atoms with van der Waals surface area (Å²) >= 11 is 0. The Balaban J connectivity index is 3.55. The van der Waals surface area contributed by atoms with Crippen molar-refractivity contribution < 1.29 is 0 Å². The molecule has 0 aromatic carbocycles. The van der Waals surface area contributed by atoms with Gasteiger partial charge in [-0.1, -0.05) is 19.0 Å². The van der Waals surface area contributed by atoms with Gasteiger partial charge < -0.3 is 5.32 Å². The van der Waals surface area contributed by atoms with E-state index in [0.717, 1.165) is 12.5 Å². The van der Waals surface area contributed by atoms with Gasteiger partial charge in [0.15, 0.2) is 0 Å². The van der Waals surface area contributed by atoms with Crippen LogP contribution >= 0.6 is 0 Å². The van der Waals surface area contributed by atoms with Crippen molar-refractivity contribution in [3.63, 3.8) is 0 Å². The number of nitrogens with one attached hydrogen (secondary N) is 1. The van der Waals surface area contributed by atoms with Gasteiger partial charge in [-0.05, 0) is 19.0 Å². The molecule has 0 amide bonds. The summed E-state index contributed by atoms with van der Waals surface area (Å²) in [5.74, 6) is 0.732. The highest BCUT2D eigenvalue weighted by atomic mass is 28.1. The summed E-state index contributed by atoms with van der Waals surface area (Å²) in [6.45, 7) is 7.62. The standard InChI is InChI=1S/C7H17NSi/c1-4-8-5-7(9)6(2)3/h5-6,8H,4H2,1-3,9H3. The van der Waals surface area contributed by atoms with Gasteiger partial charge >= 0.3 is 0 Å². The molecule has 0 heterocycles. The van der Waals surface area contributed by atoms with Crippen molar-refractivity contribution in [1.29, 1.82) is 0 Å². The molecule has 0 saturated carbocycles. The lowest BCUT2D eigenvalue weighted by Gasteiger charge is -2.04. The van der Waals surface area contributed by atoms with E-state index in [9.17, 15) is 0 Å². The van der Waals surface area contributed by atoms with Gasteiger partial charge in [-0.3, -0.25) is 0 Å². The zero-order chi connectivity index (χ0) is 7.28. The Labute approximate surface area is 61.0 Å². The van der Waals surface area contributed by atoms with Crippen molar-refractivity contribution in [1.82, 2.24) is 5.32 Å². The Kier molecular flexibility index (Phi) is 4.49. The third kappa shape index (κ3) is 4.27. The van der Waals surface area contributed by atoms with Gasteiger partial charge in [-0.15, -0.1) is 0 Å². The SMILES string of the molecule is CCNC=C([SiH3])C(C)C. The summed E-state index contributed by atoms with van der Waals surface area (Å²) in [6.07, 6.45) is 2.15. The Morgan fingerprint density at radius 3 is 2.56 bits per heavy atom. The van der Waals surface area contributed by atoms with Crippen molar-refractivity contribution in [2.75, 3.05) is 6.54 Å². The number of hydrogen-bond donors (Lipinski definition) is 1. The zero-order valence-electron chi connectivity index (χ0n) is 6.86. The maximum atomic E-state index is 3.20. The first-order valence-corrected chi connectivity index (χ1v) is 4.58. The molecule has 9 heavy (non-hydrogen) atoms. The topological polar surface area (TPSA) is 12.0 Å². The van der Waals surface area contributed by atoms with E-state index in [2.05, 4.69) is 32.3 Å². The number of hydrogen-bond acceptors (Lipinski definition) is 1. The molecule has 2 heteroatoms. The van der Waals surface area contributed by atoms with Gasteiger partial charge in [0.1, 0.15) is 0 Å². The lowest BCUT2D eigenvalue weighted by molar-refractivity contribution is 0.791. The van der Waals surface area contributed by atoms with Crippen molar-refractivity contribution in [2.45, 2.75) is 20.8 Å². The molecule has 0 aliphatic rings. The molecule has 0 aromatic rings. The molecule has 0 rings (SSSR count). The average Bonchev–Trinajstić information content (AvgIpc) is 1.82. The second-order valence-electron chi connectivity index (χ2n) is 2.60. The molecule has 0 aromatic heterocycles. The van der Waals surface area contributed by atoms with Crippen LogP contribution in [0.3, 0.4) is 0 Å². The highest BCUT2D eigenvalue weighted by Gasteiger charge is 1.92. The summed E-state index contributed by atoms with van der Waals surface area (Å²) in [5, 5.41) is 4.75. The van der Waals surface area contributed by atoms with Gasteiger partial charge in [0.2, 0.25) is 0 Å². The molecule has 1 nitrogen and oxygen atoms in total. The largest absolute Gasteiger partial charge is 0.392 e. The van der Waals surface area contributed by atoms with Crippen molar-refractivity contribution >= 4 is 10.2 Å². The van der Waals surface area contributed by atoms with Gasteiger partial charge in [-0.25, -0.2) is 0 Å². The molecule has 0 spiro atoms. The van der Waals surface area contributed by atoms with Crippen LogP contribution in [0.1, 0.15) is 20.8 Å². The van der Waals surface area contributed by atoms with Crippen LogP contribution in [-0.4, -0.2) is 16.8 Å². The number of rotatable bonds is 3. The molecular weight excluding hydrogens is 126 g/mol. The van der Waals surface area contributed by atoms with Gasteiger partial charge in [-0.2, -0.15) is 0 Å². The fourth-order valence-corrected chi connectivity index (χ4v) is 0.634. The first kappa shape index (κ1) is 8.76. The van der Waals surface area contributed by atoms with Crippen LogP contribution in [0.5, 0.6) is 0 Å². The fourth-order valence-electron chi connectivity index (χ4n) is 0.430. The molecule has 0 aliphatic carbocycles. The molecule has 0 atom stereocenters. The Morgan fingerprint density at radius 1 is 1.67 bits per heavy atom. The summed E-state index contributed by atoms with van der Waals surface area (Å²) in [6, 6.07) is 0. The van der Waals surface area contributed by atoms with E-state index in [1.807, 2.05) is 0 Å². The normalized spacial score (nSPS) is 12.7. The van der Waals surface area contributed by atoms with Crippen LogP contribution in [0.25, 0.3) is 0 Å². The van der Waals surface area contributed by atoms with E-state index in [1.165, 1.54) is 10.2 Å². The molecule has 0 unspecified atom stereocenters. The van der Waals surface area contributed by atoms with E-state index in [0.29, 0.717) is 0 Å². The van der Waals surface area contributed by atoms with Crippen LogP contribution in [0.15, 0.2) is 11.4 Å². The summed E-state index contributed by atoms with van der Waals surface area (Å²) < 4.78 is 0. The fraction of sp³-hybridized carbons (Fsp3) is 0.714. The zero-order valence-corrected chi connectivity index (χ0v) is 8.86. The molecular formula is C7H17NSi. The quantitative estimate of drug-likeness (QED) is 0.566. The van der Waals surface area contributed by atoms with E-state index in [1.54, 1.807) is 5.20 Å². The maximum absolute atomic E-state index is 3.20. The van der Waals surface area contributed by atoms with Crippen LogP contribution in [-0.2, 0) is 0 Å². The van der Waals surface area contributed by atoms with Crippen molar-refractivity contribution in [2.24, 2.45) is 5.92 Å². The second kappa shape index (κ2) is 4.62. The molecule has 1 N–H and O–H groups in total. The van der Waals surface area contributed by atoms with Crippen LogP contribution in [0.2, 0.25) is 0 Å². The van der Waals surface area contributed by atoms with Gasteiger partial charge in [0.05, 0.1) is 0 Å². The van der Waals surface area contributed by atoms with Crippen molar-refractivity contribution in [3.05, 3.63) is 11.4 Å². The van der Waals surface area contributed by atoms with Crippen LogP contribution in [0.4, 0.5) is 0 Å². The third-order valence-electron chi connectivity index (χ3n) is 1.44. The highest BCUT2D eigenvalue weighted by molar-refractivity contribution is 6.21. The second-order valence-corrected chi connectivity index (χ2v) is 3.76. The predicted molar refractivity (Wildman–Crippen MR) is 46.5 cm³/mol. The molecule has 54 valence electrons. The Bertz CT molecular complexity index is 97.1. The van der Waals surface area contributed by atoms with Crippen LogP contribution in [0, 0.1) is 5.92 Å². The maximum Gasteiger partial charge on any atom is 0.0355 e. The molecule has 0 radical (unpaired) electrons. The van der Waals surface area contributed by atoms with E-state index in [4.69, 9.17) is 0 Å². The monoisotopic (exact) mass is 143 g/mol. The van der Waals surface area contributed by atoms with Crippen molar-refractivity contribution in [3.8, 4) is 0 Å². The third-order valence-corrected chi connectivity index (χ3v) is 2.89. The van der Waals surface area contributed by atoms with E-state index >= 15 is 0 Å². The average molecular weight is 143 g/mol. The van der Waals surface area contributed by atoms with E-state index in [-0.39, 0.29) is 0 Å². The highest BCUT2D eigenvalue weighted by Crippen LogP contribution is 2.01. The molecule has 0 bridgehead atoms. The summed E-state index contributed by atoms with van der Waals surface area (Å²) in [5.41, 5.74) is 0. The van der Waals surface area contributed by atoms with Crippen LogP contribution < -0.4 is 5.32 Å². The molecule has 0 aliphatic heterocycles. The van der Waals surface area contributed by atoms with Gasteiger partial charge in [0, 0.05) is 16.8 Å². The summed E-state index contributed by atoms with van der Waals surface area (Å²) in [7, 11) is 1.19.